The standard InChI is InChI=1S/C24H21N3O3/c1-15-8-9-19(16(2)14-15)26-23(28)20-21(17-10-12-25-13-11-17)27(30-22(20)24(26)29)18-6-4-3-5-7-18/h3-14,20-22H,1-2H3/t20-,21-,22+/m1/s1. The predicted molar refractivity (Wildman–Crippen MR) is 113 cm³/mol. The molecule has 0 unspecified atom stereocenters. The van der Waals surface area contributed by atoms with Crippen molar-refractivity contribution in [2.45, 2.75) is 26.0 Å². The Labute approximate surface area is 174 Å². The Balaban J connectivity index is 1.59. The van der Waals surface area contributed by atoms with Gasteiger partial charge in [-0.05, 0) is 55.3 Å². The first-order valence-corrected chi connectivity index (χ1v) is 9.92. The first-order chi connectivity index (χ1) is 14.6. The van der Waals surface area contributed by atoms with Crippen LogP contribution in [0.3, 0.4) is 0 Å². The minimum Gasteiger partial charge on any atom is -0.273 e. The molecule has 2 aliphatic heterocycles. The van der Waals surface area contributed by atoms with Crippen LogP contribution < -0.4 is 9.96 Å². The van der Waals surface area contributed by atoms with Gasteiger partial charge in [-0.3, -0.25) is 19.4 Å². The molecule has 3 aromatic rings. The van der Waals surface area contributed by atoms with Crippen molar-refractivity contribution in [3.05, 3.63) is 89.7 Å². The number of imide groups is 1. The highest BCUT2D eigenvalue weighted by Crippen LogP contribution is 2.47. The topological polar surface area (TPSA) is 62.7 Å². The summed E-state index contributed by atoms with van der Waals surface area (Å²) >= 11 is 0. The molecule has 6 heteroatoms. The molecule has 0 bridgehead atoms. The minimum atomic E-state index is -0.864. The molecule has 0 spiro atoms. The van der Waals surface area contributed by atoms with Crippen LogP contribution in [0.4, 0.5) is 11.4 Å². The van der Waals surface area contributed by atoms with E-state index in [2.05, 4.69) is 4.98 Å². The molecule has 2 saturated heterocycles. The van der Waals surface area contributed by atoms with Crippen LogP contribution in [0.5, 0.6) is 0 Å². The molecular weight excluding hydrogens is 378 g/mol. The first kappa shape index (κ1) is 18.5. The number of anilines is 2. The summed E-state index contributed by atoms with van der Waals surface area (Å²) in [4.78, 5) is 38.4. The third kappa shape index (κ3) is 2.80. The zero-order valence-electron chi connectivity index (χ0n) is 16.7. The zero-order valence-corrected chi connectivity index (χ0v) is 16.7. The Kier molecular flexibility index (Phi) is 4.37. The van der Waals surface area contributed by atoms with E-state index in [1.54, 1.807) is 17.5 Å². The van der Waals surface area contributed by atoms with Crippen LogP contribution in [-0.4, -0.2) is 22.9 Å². The number of hydroxylamine groups is 1. The van der Waals surface area contributed by atoms with E-state index >= 15 is 0 Å². The number of aromatic nitrogens is 1. The second-order valence-electron chi connectivity index (χ2n) is 7.74. The molecule has 0 saturated carbocycles. The quantitative estimate of drug-likeness (QED) is 0.628. The Bertz CT molecular complexity index is 1120. The van der Waals surface area contributed by atoms with Crippen molar-refractivity contribution in [1.29, 1.82) is 0 Å². The average molecular weight is 399 g/mol. The summed E-state index contributed by atoms with van der Waals surface area (Å²) in [7, 11) is 0. The number of hydrogen-bond donors (Lipinski definition) is 0. The summed E-state index contributed by atoms with van der Waals surface area (Å²) in [6, 6.07) is 18.6. The van der Waals surface area contributed by atoms with Crippen molar-refractivity contribution in [3.63, 3.8) is 0 Å². The molecule has 1 aromatic heterocycles. The van der Waals surface area contributed by atoms with Crippen molar-refractivity contribution in [1.82, 2.24) is 4.98 Å². The lowest BCUT2D eigenvalue weighted by molar-refractivity contribution is -0.126. The molecule has 150 valence electrons. The lowest BCUT2D eigenvalue weighted by atomic mass is 9.91. The minimum absolute atomic E-state index is 0.239. The van der Waals surface area contributed by atoms with Gasteiger partial charge in [0, 0.05) is 12.4 Å². The number of benzene rings is 2. The van der Waals surface area contributed by atoms with Crippen LogP contribution >= 0.6 is 0 Å². The summed E-state index contributed by atoms with van der Waals surface area (Å²) < 4.78 is 0. The van der Waals surface area contributed by atoms with Gasteiger partial charge in [0.05, 0.1) is 17.4 Å². The van der Waals surface area contributed by atoms with Gasteiger partial charge in [-0.1, -0.05) is 35.9 Å². The number of fused-ring (bicyclic) bond motifs is 1. The summed E-state index contributed by atoms with van der Waals surface area (Å²) in [6.07, 6.45) is 2.51. The molecule has 3 heterocycles. The van der Waals surface area contributed by atoms with Gasteiger partial charge in [0.1, 0.15) is 5.92 Å². The molecule has 3 atom stereocenters. The zero-order chi connectivity index (χ0) is 20.8. The van der Waals surface area contributed by atoms with Crippen LogP contribution in [0.25, 0.3) is 0 Å². The highest BCUT2D eigenvalue weighted by Gasteiger charge is 2.60. The predicted octanol–water partition coefficient (Wildman–Crippen LogP) is 3.75. The number of carbonyl (C=O) groups excluding carboxylic acids is 2. The largest absolute Gasteiger partial charge is 0.273 e. The maximum atomic E-state index is 13.6. The summed E-state index contributed by atoms with van der Waals surface area (Å²) in [6.45, 7) is 3.90. The van der Waals surface area contributed by atoms with Gasteiger partial charge >= 0.3 is 0 Å². The molecule has 2 amide bonds. The van der Waals surface area contributed by atoms with Gasteiger partial charge in [-0.15, -0.1) is 0 Å². The van der Waals surface area contributed by atoms with Crippen LogP contribution in [0.2, 0.25) is 0 Å². The van der Waals surface area contributed by atoms with Crippen LogP contribution in [0.15, 0.2) is 73.1 Å². The molecule has 5 rings (SSSR count). The van der Waals surface area contributed by atoms with E-state index in [4.69, 9.17) is 4.84 Å². The second-order valence-corrected chi connectivity index (χ2v) is 7.74. The van der Waals surface area contributed by atoms with Crippen molar-refractivity contribution in [3.8, 4) is 0 Å². The summed E-state index contributed by atoms with van der Waals surface area (Å²) in [5, 5.41) is 1.69. The van der Waals surface area contributed by atoms with E-state index in [0.717, 1.165) is 22.4 Å². The van der Waals surface area contributed by atoms with E-state index in [-0.39, 0.29) is 11.8 Å². The van der Waals surface area contributed by atoms with Gasteiger partial charge in [0.15, 0.2) is 6.10 Å². The molecule has 2 aliphatic rings. The van der Waals surface area contributed by atoms with Gasteiger partial charge in [0.2, 0.25) is 5.91 Å². The number of pyridine rings is 1. The Morgan fingerprint density at radius 1 is 0.900 bits per heavy atom. The van der Waals surface area contributed by atoms with Crippen molar-refractivity contribution < 1.29 is 14.4 Å². The van der Waals surface area contributed by atoms with Gasteiger partial charge in [-0.25, -0.2) is 9.96 Å². The Morgan fingerprint density at radius 3 is 2.33 bits per heavy atom. The van der Waals surface area contributed by atoms with E-state index < -0.39 is 18.1 Å². The fourth-order valence-electron chi connectivity index (χ4n) is 4.41. The van der Waals surface area contributed by atoms with E-state index in [1.165, 1.54) is 4.90 Å². The lowest BCUT2D eigenvalue weighted by Gasteiger charge is -2.29. The molecule has 30 heavy (non-hydrogen) atoms. The number of carbonyl (C=O) groups is 2. The van der Waals surface area contributed by atoms with Gasteiger partial charge in [-0.2, -0.15) is 0 Å². The monoisotopic (exact) mass is 399 g/mol. The van der Waals surface area contributed by atoms with Crippen LogP contribution in [0, 0.1) is 19.8 Å². The van der Waals surface area contributed by atoms with Gasteiger partial charge in [0.25, 0.3) is 5.91 Å². The van der Waals surface area contributed by atoms with Gasteiger partial charge < -0.3 is 0 Å². The van der Waals surface area contributed by atoms with E-state index in [1.807, 2.05) is 74.5 Å². The van der Waals surface area contributed by atoms with E-state index in [9.17, 15) is 9.59 Å². The summed E-state index contributed by atoms with van der Waals surface area (Å²) in [5.41, 5.74) is 4.26. The fourth-order valence-corrected chi connectivity index (χ4v) is 4.41. The SMILES string of the molecule is Cc1ccc(N2C(=O)[C@H]3[C@H](ON(c4ccccc4)[C@@H]3c3ccncc3)C2=O)c(C)c1. The third-order valence-corrected chi connectivity index (χ3v) is 5.77. The summed E-state index contributed by atoms with van der Waals surface area (Å²) in [5.74, 6) is -1.20. The lowest BCUT2D eigenvalue weighted by Crippen LogP contribution is -2.37. The normalized spacial score (nSPS) is 23.2. The van der Waals surface area contributed by atoms with Crippen molar-refractivity contribution in [2.24, 2.45) is 5.92 Å². The molecule has 6 nitrogen and oxygen atoms in total. The fraction of sp³-hybridized carbons (Fsp3) is 0.208. The Morgan fingerprint density at radius 2 is 1.63 bits per heavy atom. The third-order valence-electron chi connectivity index (χ3n) is 5.77. The highest BCUT2D eigenvalue weighted by atomic mass is 16.7. The Hall–Kier alpha value is -3.51. The van der Waals surface area contributed by atoms with Crippen molar-refractivity contribution >= 4 is 23.2 Å². The molecule has 0 aliphatic carbocycles. The number of aryl methyl sites for hydroxylation is 2. The second kappa shape index (κ2) is 7.07. The number of para-hydroxylation sites is 1. The maximum absolute atomic E-state index is 13.6. The number of nitrogens with zero attached hydrogens (tertiary/aromatic N) is 3. The average Bonchev–Trinajstić information content (AvgIpc) is 3.26. The molecule has 0 radical (unpaired) electrons. The highest BCUT2D eigenvalue weighted by molar-refractivity contribution is 6.24. The molecular formula is C24H21N3O3. The molecule has 2 aromatic carbocycles. The van der Waals surface area contributed by atoms with Crippen LogP contribution in [-0.2, 0) is 14.4 Å². The molecule has 0 N–H and O–H groups in total. The van der Waals surface area contributed by atoms with Crippen LogP contribution in [0.1, 0.15) is 22.7 Å². The maximum Gasteiger partial charge on any atom is 0.266 e. The van der Waals surface area contributed by atoms with E-state index in [0.29, 0.717) is 5.69 Å². The smallest absolute Gasteiger partial charge is 0.266 e. The number of hydrogen-bond acceptors (Lipinski definition) is 5. The number of rotatable bonds is 3. The first-order valence-electron chi connectivity index (χ1n) is 9.92. The molecule has 2 fully saturated rings. The van der Waals surface area contributed by atoms with Crippen molar-refractivity contribution in [2.75, 3.05) is 9.96 Å². The number of amides is 2.